The zero-order chi connectivity index (χ0) is 14.7. The van der Waals surface area contributed by atoms with Crippen LogP contribution >= 0.6 is 0 Å². The highest BCUT2D eigenvalue weighted by Gasteiger charge is 2.07. The molecule has 2 rings (SSSR count). The van der Waals surface area contributed by atoms with E-state index in [-0.39, 0.29) is 0 Å². The summed E-state index contributed by atoms with van der Waals surface area (Å²) in [7, 11) is 0. The number of nitrogens with zero attached hydrogens (tertiary/aromatic N) is 1. The van der Waals surface area contributed by atoms with Gasteiger partial charge in [-0.05, 0) is 54.7 Å². The van der Waals surface area contributed by atoms with E-state index in [9.17, 15) is 5.11 Å². The second kappa shape index (κ2) is 6.06. The molecule has 0 amide bonds. The van der Waals surface area contributed by atoms with Crippen LogP contribution in [0.3, 0.4) is 0 Å². The Kier molecular flexibility index (Phi) is 4.40. The van der Waals surface area contributed by atoms with Crippen LogP contribution in [0.25, 0.3) is 0 Å². The van der Waals surface area contributed by atoms with E-state index in [4.69, 9.17) is 4.74 Å². The summed E-state index contributed by atoms with van der Waals surface area (Å²) in [4.78, 5) is 4.17. The predicted octanol–water partition coefficient (Wildman–Crippen LogP) is 4.36. The van der Waals surface area contributed by atoms with Gasteiger partial charge in [-0.25, -0.2) is 4.98 Å². The summed E-state index contributed by atoms with van der Waals surface area (Å²) in [5.41, 5.74) is 3.33. The number of aliphatic hydroxyl groups excluding tert-OH is 1. The zero-order valence-corrected chi connectivity index (χ0v) is 12.4. The molecule has 3 heteroatoms. The monoisotopic (exact) mass is 271 g/mol. The van der Waals surface area contributed by atoms with Crippen molar-refractivity contribution in [1.29, 1.82) is 0 Å². The first-order valence-electron chi connectivity index (χ1n) is 6.90. The third-order valence-corrected chi connectivity index (χ3v) is 3.33. The second-order valence-electron chi connectivity index (χ2n) is 5.38. The Morgan fingerprint density at radius 2 is 1.85 bits per heavy atom. The lowest BCUT2D eigenvalue weighted by Crippen LogP contribution is -1.96. The minimum atomic E-state index is -0.523. The lowest BCUT2D eigenvalue weighted by Gasteiger charge is -2.12. The van der Waals surface area contributed by atoms with Gasteiger partial charge in [-0.3, -0.25) is 0 Å². The SMILES string of the molecule is Cc1cc(Oc2cc(C(C)O)ccn2)ccc1C(C)C. The summed E-state index contributed by atoms with van der Waals surface area (Å²) in [6.07, 6.45) is 1.12. The van der Waals surface area contributed by atoms with E-state index in [0.717, 1.165) is 11.3 Å². The molecule has 1 N–H and O–H groups in total. The minimum Gasteiger partial charge on any atom is -0.439 e. The Bertz CT molecular complexity index is 591. The fraction of sp³-hybridized carbons (Fsp3) is 0.353. The molecule has 1 unspecified atom stereocenters. The summed E-state index contributed by atoms with van der Waals surface area (Å²) in [5, 5.41) is 9.57. The van der Waals surface area contributed by atoms with Crippen molar-refractivity contribution in [3.8, 4) is 11.6 Å². The van der Waals surface area contributed by atoms with Crippen LogP contribution in [0.5, 0.6) is 11.6 Å². The molecule has 0 aliphatic rings. The predicted molar refractivity (Wildman–Crippen MR) is 80.2 cm³/mol. The van der Waals surface area contributed by atoms with Gasteiger partial charge in [0.1, 0.15) is 5.75 Å². The van der Waals surface area contributed by atoms with Crippen LogP contribution in [0.1, 0.15) is 49.5 Å². The van der Waals surface area contributed by atoms with Gasteiger partial charge in [0.25, 0.3) is 0 Å². The molecule has 106 valence electrons. The number of pyridine rings is 1. The molecule has 1 heterocycles. The van der Waals surface area contributed by atoms with Crippen LogP contribution < -0.4 is 4.74 Å². The van der Waals surface area contributed by atoms with Gasteiger partial charge in [-0.15, -0.1) is 0 Å². The lowest BCUT2D eigenvalue weighted by atomic mass is 9.98. The van der Waals surface area contributed by atoms with Crippen molar-refractivity contribution in [2.24, 2.45) is 0 Å². The molecule has 0 aliphatic carbocycles. The van der Waals surface area contributed by atoms with Crippen LogP contribution in [0.2, 0.25) is 0 Å². The molecule has 1 aromatic carbocycles. The maximum atomic E-state index is 9.57. The summed E-state index contributed by atoms with van der Waals surface area (Å²) < 4.78 is 5.76. The Balaban J connectivity index is 2.22. The van der Waals surface area contributed by atoms with Gasteiger partial charge < -0.3 is 9.84 Å². The number of ether oxygens (including phenoxy) is 1. The number of aromatic nitrogens is 1. The highest BCUT2D eigenvalue weighted by molar-refractivity contribution is 5.38. The minimum absolute atomic E-state index is 0.500. The van der Waals surface area contributed by atoms with E-state index >= 15 is 0 Å². The Hall–Kier alpha value is -1.87. The topological polar surface area (TPSA) is 42.4 Å². The number of aliphatic hydroxyl groups is 1. The molecule has 0 saturated heterocycles. The fourth-order valence-electron chi connectivity index (χ4n) is 2.22. The summed E-state index contributed by atoms with van der Waals surface area (Å²) in [6.45, 7) is 8.16. The molecule has 3 nitrogen and oxygen atoms in total. The van der Waals surface area contributed by atoms with Gasteiger partial charge in [0.05, 0.1) is 6.10 Å². The Morgan fingerprint density at radius 3 is 2.45 bits per heavy atom. The molecule has 0 bridgehead atoms. The van der Waals surface area contributed by atoms with Crippen molar-refractivity contribution >= 4 is 0 Å². The van der Waals surface area contributed by atoms with Crippen molar-refractivity contribution in [3.63, 3.8) is 0 Å². The normalized spacial score (nSPS) is 12.5. The van der Waals surface area contributed by atoms with Gasteiger partial charge in [0, 0.05) is 12.3 Å². The standard InChI is InChI=1S/C17H21NO2/c1-11(2)16-6-5-15(9-12(16)3)20-17-10-14(13(4)19)7-8-18-17/h5-11,13,19H,1-4H3. The third kappa shape index (κ3) is 3.36. The van der Waals surface area contributed by atoms with Gasteiger partial charge in [-0.1, -0.05) is 19.9 Å². The first kappa shape index (κ1) is 14.5. The maximum Gasteiger partial charge on any atom is 0.219 e. The first-order chi connectivity index (χ1) is 9.47. The van der Waals surface area contributed by atoms with Gasteiger partial charge in [-0.2, -0.15) is 0 Å². The molecule has 1 atom stereocenters. The van der Waals surface area contributed by atoms with E-state index in [1.807, 2.05) is 12.1 Å². The number of benzene rings is 1. The lowest BCUT2D eigenvalue weighted by molar-refractivity contribution is 0.198. The van der Waals surface area contributed by atoms with Crippen LogP contribution in [-0.2, 0) is 0 Å². The molecule has 0 spiro atoms. The molecule has 2 aromatic rings. The van der Waals surface area contributed by atoms with Crippen LogP contribution in [0.4, 0.5) is 0 Å². The van der Waals surface area contributed by atoms with E-state index in [2.05, 4.69) is 31.8 Å². The Morgan fingerprint density at radius 1 is 1.10 bits per heavy atom. The van der Waals surface area contributed by atoms with Crippen molar-refractivity contribution in [2.75, 3.05) is 0 Å². The molecule has 20 heavy (non-hydrogen) atoms. The summed E-state index contributed by atoms with van der Waals surface area (Å²) >= 11 is 0. The van der Waals surface area contributed by atoms with E-state index < -0.39 is 6.10 Å². The molecule has 1 aromatic heterocycles. The average Bonchev–Trinajstić information content (AvgIpc) is 2.38. The van der Waals surface area contributed by atoms with Crippen LogP contribution in [0, 0.1) is 6.92 Å². The highest BCUT2D eigenvalue weighted by Crippen LogP contribution is 2.27. The molecule has 0 radical (unpaired) electrons. The van der Waals surface area contributed by atoms with Crippen molar-refractivity contribution in [2.45, 2.75) is 39.7 Å². The molecule has 0 fully saturated rings. The molecule has 0 aliphatic heterocycles. The van der Waals surface area contributed by atoms with E-state index in [1.165, 1.54) is 11.1 Å². The van der Waals surface area contributed by atoms with Gasteiger partial charge in [0.15, 0.2) is 0 Å². The molecular weight excluding hydrogens is 250 g/mol. The first-order valence-corrected chi connectivity index (χ1v) is 6.90. The van der Waals surface area contributed by atoms with Crippen molar-refractivity contribution in [3.05, 3.63) is 53.2 Å². The van der Waals surface area contributed by atoms with E-state index in [1.54, 1.807) is 25.3 Å². The smallest absolute Gasteiger partial charge is 0.219 e. The van der Waals surface area contributed by atoms with E-state index in [0.29, 0.717) is 11.8 Å². The summed E-state index contributed by atoms with van der Waals surface area (Å²) in [6, 6.07) is 9.61. The largest absolute Gasteiger partial charge is 0.439 e. The maximum absolute atomic E-state index is 9.57. The number of hydrogen-bond acceptors (Lipinski definition) is 3. The highest BCUT2D eigenvalue weighted by atomic mass is 16.5. The molecular formula is C17H21NO2. The van der Waals surface area contributed by atoms with Gasteiger partial charge in [0.2, 0.25) is 5.88 Å². The van der Waals surface area contributed by atoms with Crippen molar-refractivity contribution < 1.29 is 9.84 Å². The van der Waals surface area contributed by atoms with Gasteiger partial charge >= 0.3 is 0 Å². The zero-order valence-electron chi connectivity index (χ0n) is 12.4. The quantitative estimate of drug-likeness (QED) is 0.898. The number of hydrogen-bond donors (Lipinski definition) is 1. The van der Waals surface area contributed by atoms with Crippen LogP contribution in [0.15, 0.2) is 36.5 Å². The third-order valence-electron chi connectivity index (χ3n) is 3.33. The summed E-state index contributed by atoms with van der Waals surface area (Å²) in [5.74, 6) is 1.77. The fourth-order valence-corrected chi connectivity index (χ4v) is 2.22. The average molecular weight is 271 g/mol. The van der Waals surface area contributed by atoms with Crippen molar-refractivity contribution in [1.82, 2.24) is 4.98 Å². The Labute approximate surface area is 120 Å². The number of rotatable bonds is 4. The second-order valence-corrected chi connectivity index (χ2v) is 5.38. The van der Waals surface area contributed by atoms with Crippen LogP contribution in [-0.4, -0.2) is 10.1 Å². The molecule has 0 saturated carbocycles. The number of aryl methyl sites for hydroxylation is 1.